The van der Waals surface area contributed by atoms with Gasteiger partial charge in [-0.1, -0.05) is 13.8 Å². The van der Waals surface area contributed by atoms with Crippen molar-refractivity contribution in [3.05, 3.63) is 16.3 Å². The number of nitrogens with zero attached hydrogens (tertiary/aromatic N) is 1. The molecular weight excluding hydrogens is 142 g/mol. The van der Waals surface area contributed by atoms with Gasteiger partial charge in [-0.05, 0) is 11.6 Å². The van der Waals surface area contributed by atoms with Crippen molar-refractivity contribution in [2.24, 2.45) is 5.18 Å². The van der Waals surface area contributed by atoms with Crippen LogP contribution in [0.15, 0.2) is 5.18 Å². The van der Waals surface area contributed by atoms with E-state index in [0.717, 1.165) is 24.2 Å². The average molecular weight is 154 g/mol. The zero-order valence-electron chi connectivity index (χ0n) is 6.77. The number of aromatic amines is 2. The molecule has 1 aromatic heterocycles. The lowest BCUT2D eigenvalue weighted by molar-refractivity contribution is -0.459. The standard InChI is InChI=1S/C7H11N3O/c1-3-5-7(10-11)6(4-2)9-8-5/h3-4H2,1-2H3,(H,8,9)/p+1. The first-order chi connectivity index (χ1) is 5.33. The monoisotopic (exact) mass is 154 g/mol. The molecule has 60 valence electrons. The largest absolute Gasteiger partial charge is 0.234 e. The summed E-state index contributed by atoms with van der Waals surface area (Å²) >= 11 is 0. The highest BCUT2D eigenvalue weighted by atomic mass is 16.3. The normalized spacial score (nSPS) is 10.0. The molecule has 0 radical (unpaired) electrons. The van der Waals surface area contributed by atoms with Crippen LogP contribution in [0.4, 0.5) is 5.69 Å². The molecule has 0 unspecified atom stereocenters. The molecule has 4 heteroatoms. The Bertz CT molecular complexity index is 233. The van der Waals surface area contributed by atoms with E-state index in [9.17, 15) is 4.91 Å². The predicted octanol–water partition coefficient (Wildman–Crippen LogP) is 1.35. The first-order valence-corrected chi connectivity index (χ1v) is 3.78. The van der Waals surface area contributed by atoms with Gasteiger partial charge in [0.05, 0.1) is 0 Å². The molecule has 0 atom stereocenters. The average Bonchev–Trinajstić information content (AvgIpc) is 2.45. The fraction of sp³-hybridized carbons (Fsp3) is 0.571. The summed E-state index contributed by atoms with van der Waals surface area (Å²) in [4.78, 5) is 10.3. The maximum atomic E-state index is 10.3. The number of aryl methyl sites for hydroxylation is 2. The highest BCUT2D eigenvalue weighted by molar-refractivity contribution is 5.43. The number of aromatic nitrogens is 2. The summed E-state index contributed by atoms with van der Waals surface area (Å²) in [5.74, 6) is 0. The fourth-order valence-electron chi connectivity index (χ4n) is 1.07. The van der Waals surface area contributed by atoms with E-state index in [1.54, 1.807) is 0 Å². The molecule has 0 aromatic carbocycles. The fourth-order valence-corrected chi connectivity index (χ4v) is 1.07. The molecule has 0 bridgehead atoms. The highest BCUT2D eigenvalue weighted by Gasteiger charge is 2.15. The third kappa shape index (κ3) is 1.29. The summed E-state index contributed by atoms with van der Waals surface area (Å²) in [5, 5.41) is 8.77. The van der Waals surface area contributed by atoms with Crippen molar-refractivity contribution in [2.75, 3.05) is 0 Å². The Labute approximate surface area is 65.0 Å². The molecule has 0 aliphatic carbocycles. The van der Waals surface area contributed by atoms with Crippen LogP contribution in [0.25, 0.3) is 0 Å². The van der Waals surface area contributed by atoms with Gasteiger partial charge >= 0.3 is 0 Å². The molecule has 0 aliphatic rings. The SMILES string of the molecule is CCc1[nH][nH+]c(CC)c1N=O. The highest BCUT2D eigenvalue weighted by Crippen LogP contribution is 2.19. The molecule has 1 aromatic rings. The van der Waals surface area contributed by atoms with E-state index in [0.29, 0.717) is 5.69 Å². The molecule has 0 saturated heterocycles. The quantitative estimate of drug-likeness (QED) is 0.656. The van der Waals surface area contributed by atoms with Gasteiger partial charge in [-0.25, -0.2) is 0 Å². The van der Waals surface area contributed by atoms with Gasteiger partial charge < -0.3 is 0 Å². The maximum Gasteiger partial charge on any atom is 0.234 e. The Morgan fingerprint density at radius 3 is 2.64 bits per heavy atom. The second kappa shape index (κ2) is 3.27. The van der Waals surface area contributed by atoms with E-state index in [4.69, 9.17) is 0 Å². The van der Waals surface area contributed by atoms with Crippen LogP contribution in [0.1, 0.15) is 25.2 Å². The zero-order chi connectivity index (χ0) is 8.27. The Morgan fingerprint density at radius 2 is 2.18 bits per heavy atom. The van der Waals surface area contributed by atoms with Crippen molar-refractivity contribution in [3.8, 4) is 0 Å². The molecule has 2 N–H and O–H groups in total. The maximum absolute atomic E-state index is 10.3. The topological polar surface area (TPSA) is 59.4 Å². The van der Waals surface area contributed by atoms with Gasteiger partial charge in [0.2, 0.25) is 11.4 Å². The Morgan fingerprint density at radius 1 is 1.45 bits per heavy atom. The van der Waals surface area contributed by atoms with Crippen molar-refractivity contribution in [3.63, 3.8) is 0 Å². The smallest absolute Gasteiger partial charge is 0.169 e. The molecule has 0 spiro atoms. The van der Waals surface area contributed by atoms with Crippen LogP contribution in [0.5, 0.6) is 0 Å². The second-order valence-corrected chi connectivity index (χ2v) is 2.35. The van der Waals surface area contributed by atoms with Crippen molar-refractivity contribution < 1.29 is 5.10 Å². The first kappa shape index (κ1) is 7.91. The number of hydrogen-bond acceptors (Lipinski definition) is 2. The lowest BCUT2D eigenvalue weighted by atomic mass is 10.2. The summed E-state index contributed by atoms with van der Waals surface area (Å²) in [7, 11) is 0. The molecule has 4 nitrogen and oxygen atoms in total. The first-order valence-electron chi connectivity index (χ1n) is 3.78. The summed E-state index contributed by atoms with van der Waals surface area (Å²) in [6, 6.07) is 0. The minimum Gasteiger partial charge on any atom is -0.169 e. The van der Waals surface area contributed by atoms with Gasteiger partial charge in [0.1, 0.15) is 5.69 Å². The van der Waals surface area contributed by atoms with E-state index in [-0.39, 0.29) is 0 Å². The molecule has 1 rings (SSSR count). The van der Waals surface area contributed by atoms with Gasteiger partial charge in [-0.15, -0.1) is 10.0 Å². The zero-order valence-corrected chi connectivity index (χ0v) is 6.77. The molecular formula is C7H12N3O+. The molecule has 1 heterocycles. The van der Waals surface area contributed by atoms with Crippen LogP contribution in [0, 0.1) is 4.91 Å². The van der Waals surface area contributed by atoms with E-state index >= 15 is 0 Å². The third-order valence-corrected chi connectivity index (χ3v) is 1.73. The summed E-state index contributed by atoms with van der Waals surface area (Å²) < 4.78 is 0. The van der Waals surface area contributed by atoms with Gasteiger partial charge in [0.15, 0.2) is 0 Å². The van der Waals surface area contributed by atoms with Crippen LogP contribution in [-0.4, -0.2) is 5.10 Å². The van der Waals surface area contributed by atoms with Crippen LogP contribution >= 0.6 is 0 Å². The van der Waals surface area contributed by atoms with Crippen molar-refractivity contribution in [1.82, 2.24) is 5.10 Å². The molecule has 0 aliphatic heterocycles. The van der Waals surface area contributed by atoms with Gasteiger partial charge in [0, 0.05) is 6.42 Å². The van der Waals surface area contributed by atoms with Crippen molar-refractivity contribution in [2.45, 2.75) is 26.7 Å². The van der Waals surface area contributed by atoms with Crippen molar-refractivity contribution in [1.29, 1.82) is 0 Å². The van der Waals surface area contributed by atoms with Crippen LogP contribution in [-0.2, 0) is 12.8 Å². The van der Waals surface area contributed by atoms with Crippen LogP contribution in [0.3, 0.4) is 0 Å². The summed E-state index contributed by atoms with van der Waals surface area (Å²) in [5.41, 5.74) is 2.32. The van der Waals surface area contributed by atoms with Crippen molar-refractivity contribution >= 4 is 5.69 Å². The Balaban J connectivity index is 3.08. The molecule has 0 saturated carbocycles. The Hall–Kier alpha value is -1.19. The number of nitrogens with one attached hydrogen (secondary N) is 2. The van der Waals surface area contributed by atoms with Crippen LogP contribution in [0.2, 0.25) is 0 Å². The third-order valence-electron chi connectivity index (χ3n) is 1.73. The lowest BCUT2D eigenvalue weighted by Gasteiger charge is -1.84. The number of H-pyrrole nitrogens is 2. The number of rotatable bonds is 3. The molecule has 0 amide bonds. The lowest BCUT2D eigenvalue weighted by Crippen LogP contribution is -2.07. The molecule has 11 heavy (non-hydrogen) atoms. The van der Waals surface area contributed by atoms with Gasteiger partial charge in [-0.3, -0.25) is 0 Å². The van der Waals surface area contributed by atoms with E-state index in [2.05, 4.69) is 15.4 Å². The van der Waals surface area contributed by atoms with Gasteiger partial charge in [0.25, 0.3) is 0 Å². The van der Waals surface area contributed by atoms with Gasteiger partial charge in [-0.2, -0.15) is 5.10 Å². The minimum absolute atomic E-state index is 0.551. The minimum atomic E-state index is 0.551. The number of hydrogen-bond donors (Lipinski definition) is 1. The number of nitroso groups, excluding NO2 is 1. The summed E-state index contributed by atoms with van der Waals surface area (Å²) in [6.45, 7) is 3.96. The molecule has 0 fully saturated rings. The van der Waals surface area contributed by atoms with E-state index in [1.807, 2.05) is 13.8 Å². The van der Waals surface area contributed by atoms with Crippen LogP contribution < -0.4 is 5.10 Å². The Kier molecular flexibility index (Phi) is 2.36. The predicted molar refractivity (Wildman–Crippen MR) is 41.6 cm³/mol. The summed E-state index contributed by atoms with van der Waals surface area (Å²) in [6.07, 6.45) is 1.61. The van der Waals surface area contributed by atoms with E-state index < -0.39 is 0 Å². The second-order valence-electron chi connectivity index (χ2n) is 2.35. The van der Waals surface area contributed by atoms with E-state index in [1.165, 1.54) is 0 Å².